The van der Waals surface area contributed by atoms with Crippen LogP contribution < -0.4 is 5.73 Å². The Morgan fingerprint density at radius 2 is 2.18 bits per heavy atom. The second-order valence-corrected chi connectivity index (χ2v) is 4.75. The second-order valence-electron chi connectivity index (χ2n) is 4.75. The van der Waals surface area contributed by atoms with Crippen LogP contribution in [0.15, 0.2) is 18.2 Å². The van der Waals surface area contributed by atoms with Crippen LogP contribution in [0, 0.1) is 6.92 Å². The van der Waals surface area contributed by atoms with Crippen LogP contribution in [0.1, 0.15) is 42.1 Å². The van der Waals surface area contributed by atoms with E-state index in [1.54, 1.807) is 0 Å². The zero-order chi connectivity index (χ0) is 12.4. The van der Waals surface area contributed by atoms with Gasteiger partial charge in [0.2, 0.25) is 0 Å². The summed E-state index contributed by atoms with van der Waals surface area (Å²) in [5, 5.41) is 0. The number of hydrogen-bond donors (Lipinski definition) is 1. The summed E-state index contributed by atoms with van der Waals surface area (Å²) >= 11 is 0. The first-order valence-corrected chi connectivity index (χ1v) is 6.31. The summed E-state index contributed by atoms with van der Waals surface area (Å²) in [5.41, 5.74) is 8.21. The molecule has 0 heterocycles. The number of anilines is 1. The third-order valence-corrected chi connectivity index (χ3v) is 3.32. The Bertz CT molecular complexity index is 424. The number of benzene rings is 1. The first-order valence-electron chi connectivity index (χ1n) is 6.31. The van der Waals surface area contributed by atoms with Crippen LogP contribution in [0.4, 0.5) is 5.69 Å². The molecule has 0 unspecified atom stereocenters. The lowest BCUT2D eigenvalue weighted by molar-refractivity contribution is 0.0742. The summed E-state index contributed by atoms with van der Waals surface area (Å²) in [5.74, 6) is 0.138. The van der Waals surface area contributed by atoms with Crippen LogP contribution in [-0.4, -0.2) is 23.4 Å². The topological polar surface area (TPSA) is 46.3 Å². The Balaban J connectivity index is 2.25. The SMILES string of the molecule is CCCN(C(=O)c1cccc(N)c1C)C1CC1. The Labute approximate surface area is 103 Å². The van der Waals surface area contributed by atoms with E-state index >= 15 is 0 Å². The molecule has 1 saturated carbocycles. The quantitative estimate of drug-likeness (QED) is 0.811. The van der Waals surface area contributed by atoms with Crippen molar-refractivity contribution in [3.05, 3.63) is 29.3 Å². The fourth-order valence-electron chi connectivity index (χ4n) is 2.12. The van der Waals surface area contributed by atoms with Gasteiger partial charge in [-0.05, 0) is 43.9 Å². The van der Waals surface area contributed by atoms with Crippen LogP contribution in [0.25, 0.3) is 0 Å². The van der Waals surface area contributed by atoms with Gasteiger partial charge in [0, 0.05) is 23.8 Å². The molecule has 1 aliphatic rings. The van der Waals surface area contributed by atoms with Crippen molar-refractivity contribution in [1.29, 1.82) is 0 Å². The highest BCUT2D eigenvalue weighted by Gasteiger charge is 2.32. The van der Waals surface area contributed by atoms with Crippen molar-refractivity contribution in [3.8, 4) is 0 Å². The van der Waals surface area contributed by atoms with Gasteiger partial charge in [0.1, 0.15) is 0 Å². The van der Waals surface area contributed by atoms with Gasteiger partial charge < -0.3 is 10.6 Å². The number of nitrogens with zero attached hydrogens (tertiary/aromatic N) is 1. The lowest BCUT2D eigenvalue weighted by Crippen LogP contribution is -2.34. The van der Waals surface area contributed by atoms with Gasteiger partial charge in [0.05, 0.1) is 0 Å². The van der Waals surface area contributed by atoms with Crippen molar-refractivity contribution in [2.24, 2.45) is 0 Å². The van der Waals surface area contributed by atoms with Crippen molar-refractivity contribution in [3.63, 3.8) is 0 Å². The van der Waals surface area contributed by atoms with Crippen LogP contribution in [0.3, 0.4) is 0 Å². The number of nitrogens with two attached hydrogens (primary N) is 1. The van der Waals surface area contributed by atoms with E-state index in [4.69, 9.17) is 5.73 Å². The van der Waals surface area contributed by atoms with Gasteiger partial charge in [-0.15, -0.1) is 0 Å². The van der Waals surface area contributed by atoms with Gasteiger partial charge in [-0.2, -0.15) is 0 Å². The van der Waals surface area contributed by atoms with Crippen molar-refractivity contribution >= 4 is 11.6 Å². The van der Waals surface area contributed by atoms with E-state index in [9.17, 15) is 4.79 Å². The predicted molar refractivity (Wildman–Crippen MR) is 69.9 cm³/mol. The van der Waals surface area contributed by atoms with Crippen molar-refractivity contribution in [2.45, 2.75) is 39.2 Å². The highest BCUT2D eigenvalue weighted by atomic mass is 16.2. The van der Waals surface area contributed by atoms with E-state index < -0.39 is 0 Å². The lowest BCUT2D eigenvalue weighted by atomic mass is 10.1. The van der Waals surface area contributed by atoms with E-state index in [0.29, 0.717) is 11.7 Å². The van der Waals surface area contributed by atoms with Gasteiger partial charge in [0.25, 0.3) is 5.91 Å². The van der Waals surface area contributed by atoms with Crippen molar-refractivity contribution in [1.82, 2.24) is 4.90 Å². The highest BCUT2D eigenvalue weighted by Crippen LogP contribution is 2.29. The largest absolute Gasteiger partial charge is 0.398 e. The predicted octanol–water partition coefficient (Wildman–Crippen LogP) is 2.59. The number of carbonyl (C=O) groups is 1. The molecular weight excluding hydrogens is 212 g/mol. The summed E-state index contributed by atoms with van der Waals surface area (Å²) < 4.78 is 0. The molecule has 1 fully saturated rings. The summed E-state index contributed by atoms with van der Waals surface area (Å²) in [6.45, 7) is 4.87. The molecular formula is C14H20N2O. The number of nitrogen functional groups attached to an aromatic ring is 1. The van der Waals surface area contributed by atoms with Crippen LogP contribution >= 0.6 is 0 Å². The monoisotopic (exact) mass is 232 g/mol. The molecule has 0 bridgehead atoms. The second kappa shape index (κ2) is 4.78. The third kappa shape index (κ3) is 2.43. The van der Waals surface area contributed by atoms with E-state index in [2.05, 4.69) is 6.92 Å². The summed E-state index contributed by atoms with van der Waals surface area (Å²) in [7, 11) is 0. The fourth-order valence-corrected chi connectivity index (χ4v) is 2.12. The smallest absolute Gasteiger partial charge is 0.254 e. The first kappa shape index (κ1) is 12.0. The van der Waals surface area contributed by atoms with Crippen molar-refractivity contribution < 1.29 is 4.79 Å². The van der Waals surface area contributed by atoms with Gasteiger partial charge in [-0.25, -0.2) is 0 Å². The number of hydrogen-bond acceptors (Lipinski definition) is 2. The van der Waals surface area contributed by atoms with Crippen LogP contribution in [-0.2, 0) is 0 Å². The average Bonchev–Trinajstić information content (AvgIpc) is 3.13. The number of amides is 1. The summed E-state index contributed by atoms with van der Waals surface area (Å²) in [6.07, 6.45) is 3.30. The maximum absolute atomic E-state index is 12.5. The average molecular weight is 232 g/mol. The maximum atomic E-state index is 12.5. The molecule has 2 rings (SSSR count). The molecule has 0 saturated heterocycles. The molecule has 1 amide bonds. The molecule has 1 aromatic rings. The molecule has 92 valence electrons. The minimum Gasteiger partial charge on any atom is -0.398 e. The molecule has 3 heteroatoms. The molecule has 1 aliphatic carbocycles. The fraction of sp³-hybridized carbons (Fsp3) is 0.500. The number of carbonyl (C=O) groups excluding carboxylic acids is 1. The normalized spacial score (nSPS) is 14.7. The van der Waals surface area contributed by atoms with Crippen LogP contribution in [0.2, 0.25) is 0 Å². The zero-order valence-corrected chi connectivity index (χ0v) is 10.6. The van der Waals surface area contributed by atoms with Gasteiger partial charge in [-0.3, -0.25) is 4.79 Å². The molecule has 0 atom stereocenters. The third-order valence-electron chi connectivity index (χ3n) is 3.32. The molecule has 17 heavy (non-hydrogen) atoms. The number of rotatable bonds is 4. The Kier molecular flexibility index (Phi) is 3.36. The minimum atomic E-state index is 0.138. The minimum absolute atomic E-state index is 0.138. The van der Waals surface area contributed by atoms with Crippen LogP contribution in [0.5, 0.6) is 0 Å². The maximum Gasteiger partial charge on any atom is 0.254 e. The molecule has 0 radical (unpaired) electrons. The van der Waals surface area contributed by atoms with E-state index in [1.165, 1.54) is 0 Å². The van der Waals surface area contributed by atoms with Gasteiger partial charge in [-0.1, -0.05) is 13.0 Å². The standard InChI is InChI=1S/C14H20N2O/c1-3-9-16(11-7-8-11)14(17)12-5-4-6-13(15)10(12)2/h4-6,11H,3,7-9,15H2,1-2H3. The summed E-state index contributed by atoms with van der Waals surface area (Å²) in [6, 6.07) is 6.03. The van der Waals surface area contributed by atoms with Crippen molar-refractivity contribution in [2.75, 3.05) is 12.3 Å². The highest BCUT2D eigenvalue weighted by molar-refractivity contribution is 5.97. The molecule has 0 spiro atoms. The summed E-state index contributed by atoms with van der Waals surface area (Å²) in [4.78, 5) is 14.5. The van der Waals surface area contributed by atoms with Gasteiger partial charge >= 0.3 is 0 Å². The Morgan fingerprint density at radius 3 is 2.76 bits per heavy atom. The van der Waals surface area contributed by atoms with E-state index in [-0.39, 0.29) is 5.91 Å². The Hall–Kier alpha value is -1.51. The van der Waals surface area contributed by atoms with E-state index in [1.807, 2.05) is 30.0 Å². The molecule has 3 nitrogen and oxygen atoms in total. The first-order chi connectivity index (χ1) is 8.15. The molecule has 0 aromatic heterocycles. The molecule has 0 aliphatic heterocycles. The Morgan fingerprint density at radius 1 is 1.47 bits per heavy atom. The molecule has 2 N–H and O–H groups in total. The molecule has 1 aromatic carbocycles. The lowest BCUT2D eigenvalue weighted by Gasteiger charge is -2.23. The van der Waals surface area contributed by atoms with Gasteiger partial charge in [0.15, 0.2) is 0 Å². The van der Waals surface area contributed by atoms with E-state index in [0.717, 1.165) is 36.9 Å². The zero-order valence-electron chi connectivity index (χ0n) is 10.6.